The van der Waals surface area contributed by atoms with E-state index in [1.54, 1.807) is 21.9 Å². The fraction of sp³-hybridized carbons (Fsp3) is 0.429. The minimum Gasteiger partial charge on any atom is -0.491 e. The number of benzene rings is 2. The molecule has 0 bridgehead atoms. The monoisotopic (exact) mass is 508 g/mol. The van der Waals surface area contributed by atoms with Gasteiger partial charge in [0.2, 0.25) is 5.91 Å². The number of H-pyrrole nitrogens is 1. The molecule has 1 fully saturated rings. The first-order valence-corrected chi connectivity index (χ1v) is 12.7. The molecule has 8 nitrogen and oxygen atoms in total. The van der Waals surface area contributed by atoms with Crippen LogP contribution in [0.25, 0.3) is 10.9 Å². The Balaban J connectivity index is 1.48. The average Bonchev–Trinajstić information content (AvgIpc) is 3.25. The predicted octanol–water partition coefficient (Wildman–Crippen LogP) is 4.56. The number of aromatic amines is 1. The molecule has 0 radical (unpaired) electrons. The van der Waals surface area contributed by atoms with E-state index in [2.05, 4.69) is 10.3 Å². The smallest absolute Gasteiger partial charge is 0.321 e. The van der Waals surface area contributed by atoms with Crippen molar-refractivity contribution >= 4 is 28.5 Å². The third-order valence-electron chi connectivity index (χ3n) is 7.58. The molecule has 5 rings (SSSR count). The number of nitrogens with one attached hydrogen (secondary N) is 2. The van der Waals surface area contributed by atoms with E-state index in [4.69, 9.17) is 4.74 Å². The van der Waals surface area contributed by atoms with E-state index in [0.717, 1.165) is 27.9 Å². The molecule has 1 unspecified atom stereocenters. The Bertz CT molecular complexity index is 1330. The summed E-state index contributed by atoms with van der Waals surface area (Å²) in [6, 6.07) is 11.2. The van der Waals surface area contributed by atoms with Gasteiger partial charge in [0.1, 0.15) is 11.6 Å². The van der Waals surface area contributed by atoms with Gasteiger partial charge in [0, 0.05) is 54.6 Å². The van der Waals surface area contributed by atoms with E-state index in [1.807, 2.05) is 32.0 Å². The van der Waals surface area contributed by atoms with E-state index < -0.39 is 11.9 Å². The maximum Gasteiger partial charge on any atom is 0.321 e. The number of aliphatic hydroxyl groups excluding tert-OH is 1. The molecule has 2 aliphatic rings. The van der Waals surface area contributed by atoms with Crippen LogP contribution < -0.4 is 10.1 Å². The lowest BCUT2D eigenvalue weighted by molar-refractivity contribution is -0.134. The summed E-state index contributed by atoms with van der Waals surface area (Å²) in [5, 5.41) is 14.0. The second kappa shape index (κ2) is 9.70. The fourth-order valence-corrected chi connectivity index (χ4v) is 5.86. The summed E-state index contributed by atoms with van der Waals surface area (Å²) < 4.78 is 20.0. The van der Waals surface area contributed by atoms with E-state index in [0.29, 0.717) is 32.5 Å². The quantitative estimate of drug-likeness (QED) is 0.481. The molecule has 0 aliphatic carbocycles. The third-order valence-corrected chi connectivity index (χ3v) is 7.58. The second-order valence-corrected chi connectivity index (χ2v) is 10.3. The minimum atomic E-state index is -0.479. The zero-order valence-corrected chi connectivity index (χ0v) is 21.4. The van der Waals surface area contributed by atoms with Gasteiger partial charge in [-0.3, -0.25) is 4.79 Å². The molecule has 2 aromatic carbocycles. The normalized spacial score (nSPS) is 18.8. The highest BCUT2D eigenvalue weighted by atomic mass is 19.1. The molecule has 3 aromatic rings. The van der Waals surface area contributed by atoms with Crippen LogP contribution in [0, 0.1) is 5.82 Å². The highest BCUT2D eigenvalue weighted by Crippen LogP contribution is 2.49. The van der Waals surface area contributed by atoms with Crippen molar-refractivity contribution in [2.45, 2.75) is 51.2 Å². The van der Waals surface area contributed by atoms with Gasteiger partial charge in [-0.1, -0.05) is 12.1 Å². The van der Waals surface area contributed by atoms with Gasteiger partial charge in [0.25, 0.3) is 0 Å². The van der Waals surface area contributed by atoms with Gasteiger partial charge < -0.3 is 29.9 Å². The lowest BCUT2D eigenvalue weighted by Crippen LogP contribution is -2.55. The highest BCUT2D eigenvalue weighted by molar-refractivity contribution is 5.90. The maximum absolute atomic E-state index is 14.1. The lowest BCUT2D eigenvalue weighted by Gasteiger charge is -2.50. The van der Waals surface area contributed by atoms with Crippen molar-refractivity contribution in [3.05, 3.63) is 59.5 Å². The highest BCUT2D eigenvalue weighted by Gasteiger charge is 2.48. The van der Waals surface area contributed by atoms with Crippen molar-refractivity contribution < 1.29 is 23.8 Å². The van der Waals surface area contributed by atoms with Crippen LogP contribution in [0.5, 0.6) is 5.75 Å². The zero-order valence-electron chi connectivity index (χ0n) is 21.4. The molecule has 3 amide bonds. The Morgan fingerprint density at radius 3 is 2.59 bits per heavy atom. The SMILES string of the molecule is CC(=O)N1CC2(CCN(C(=O)Nc3ccccc3F)CC2)c2c([nH]c3cc(OC(C)C)ccc23)C1CO. The average molecular weight is 509 g/mol. The summed E-state index contributed by atoms with van der Waals surface area (Å²) in [4.78, 5) is 32.5. The Labute approximate surface area is 215 Å². The number of fused-ring (bicyclic) bond motifs is 4. The lowest BCUT2D eigenvalue weighted by atomic mass is 9.68. The number of hydrogen-bond donors (Lipinski definition) is 3. The summed E-state index contributed by atoms with van der Waals surface area (Å²) in [5.74, 6) is 0.165. The molecule has 9 heteroatoms. The van der Waals surface area contributed by atoms with Crippen molar-refractivity contribution in [2.75, 3.05) is 31.6 Å². The number of amides is 3. The van der Waals surface area contributed by atoms with Crippen molar-refractivity contribution in [2.24, 2.45) is 0 Å². The molecule has 1 atom stereocenters. The van der Waals surface area contributed by atoms with E-state index in [-0.39, 0.29) is 35.8 Å². The largest absolute Gasteiger partial charge is 0.491 e. The molecular weight excluding hydrogens is 475 g/mol. The number of hydrogen-bond acceptors (Lipinski definition) is 4. The summed E-state index contributed by atoms with van der Waals surface area (Å²) >= 11 is 0. The number of carbonyl (C=O) groups is 2. The van der Waals surface area contributed by atoms with Gasteiger partial charge in [-0.25, -0.2) is 9.18 Å². The summed E-state index contributed by atoms with van der Waals surface area (Å²) in [6.07, 6.45) is 1.29. The number of rotatable bonds is 4. The Hall–Kier alpha value is -3.59. The first-order chi connectivity index (χ1) is 17.7. The molecule has 3 heterocycles. The van der Waals surface area contributed by atoms with Crippen LogP contribution in [0.1, 0.15) is 50.9 Å². The van der Waals surface area contributed by atoms with E-state index in [9.17, 15) is 19.1 Å². The van der Waals surface area contributed by atoms with Gasteiger partial charge in [0.05, 0.1) is 24.4 Å². The molecule has 1 aromatic heterocycles. The van der Waals surface area contributed by atoms with Gasteiger partial charge in [-0.05, 0) is 56.5 Å². The number of anilines is 1. The number of likely N-dealkylation sites (tertiary alicyclic amines) is 1. The third kappa shape index (κ3) is 4.52. The number of piperidine rings is 1. The Morgan fingerprint density at radius 1 is 1.22 bits per heavy atom. The number of urea groups is 1. The van der Waals surface area contributed by atoms with Gasteiger partial charge in [0.15, 0.2) is 0 Å². The van der Waals surface area contributed by atoms with Gasteiger partial charge in [-0.15, -0.1) is 0 Å². The first-order valence-electron chi connectivity index (χ1n) is 12.7. The minimum absolute atomic E-state index is 0.0339. The molecule has 3 N–H and O–H groups in total. The zero-order chi connectivity index (χ0) is 26.3. The number of nitrogens with zero attached hydrogens (tertiary/aromatic N) is 2. The number of halogens is 1. The standard InChI is InChI=1S/C28H33FN4O4/c1-17(2)37-19-8-9-20-23(14-19)30-26-24(15-34)33(18(3)35)16-28(25(20)26)10-12-32(13-11-28)27(36)31-22-7-5-4-6-21(22)29/h4-9,14,17,24,30,34H,10-13,15-16H2,1-3H3,(H,31,36). The van der Waals surface area contributed by atoms with Gasteiger partial charge >= 0.3 is 6.03 Å². The summed E-state index contributed by atoms with van der Waals surface area (Å²) in [7, 11) is 0. The van der Waals surface area contributed by atoms with Crippen molar-refractivity contribution in [1.82, 2.24) is 14.8 Å². The summed E-state index contributed by atoms with van der Waals surface area (Å²) in [5.41, 5.74) is 2.60. The molecule has 196 valence electrons. The number of aromatic nitrogens is 1. The van der Waals surface area contributed by atoms with Crippen molar-refractivity contribution in [3.8, 4) is 5.75 Å². The van der Waals surface area contributed by atoms with Crippen molar-refractivity contribution in [1.29, 1.82) is 0 Å². The fourth-order valence-electron chi connectivity index (χ4n) is 5.86. The van der Waals surface area contributed by atoms with Crippen LogP contribution in [0.15, 0.2) is 42.5 Å². The van der Waals surface area contributed by atoms with Crippen molar-refractivity contribution in [3.63, 3.8) is 0 Å². The number of para-hydroxylation sites is 1. The number of ether oxygens (including phenoxy) is 1. The molecule has 2 aliphatic heterocycles. The van der Waals surface area contributed by atoms with Crippen LogP contribution in [-0.4, -0.2) is 64.2 Å². The van der Waals surface area contributed by atoms with Gasteiger partial charge in [-0.2, -0.15) is 0 Å². The first kappa shape index (κ1) is 25.1. The number of carbonyl (C=O) groups excluding carboxylic acids is 2. The molecule has 0 saturated carbocycles. The van der Waals surface area contributed by atoms with Crippen LogP contribution in [0.4, 0.5) is 14.9 Å². The molecule has 1 spiro atoms. The van der Waals surface area contributed by atoms with E-state index >= 15 is 0 Å². The Kier molecular flexibility index (Phi) is 6.58. The van der Waals surface area contributed by atoms with E-state index in [1.165, 1.54) is 19.1 Å². The van der Waals surface area contributed by atoms with Crippen LogP contribution in [0.3, 0.4) is 0 Å². The maximum atomic E-state index is 14.1. The predicted molar refractivity (Wildman–Crippen MR) is 139 cm³/mol. The molecule has 1 saturated heterocycles. The second-order valence-electron chi connectivity index (χ2n) is 10.3. The Morgan fingerprint density at radius 2 is 1.95 bits per heavy atom. The number of aliphatic hydroxyl groups is 1. The topological polar surface area (TPSA) is 97.9 Å². The molecular formula is C28H33FN4O4. The van der Waals surface area contributed by atoms with Crippen LogP contribution >= 0.6 is 0 Å². The van der Waals surface area contributed by atoms with Crippen LogP contribution in [-0.2, 0) is 10.2 Å². The summed E-state index contributed by atoms with van der Waals surface area (Å²) in [6.45, 7) is 6.65. The molecule has 37 heavy (non-hydrogen) atoms. The van der Waals surface area contributed by atoms with Crippen LogP contribution in [0.2, 0.25) is 0 Å².